The first-order valence-electron chi connectivity index (χ1n) is 9.00. The highest BCUT2D eigenvalue weighted by atomic mass is 15.1. The molecule has 0 saturated heterocycles. The minimum atomic E-state index is 0.603. The maximum Gasteiger partial charge on any atom is 0.00926 e. The van der Waals surface area contributed by atoms with Crippen LogP contribution in [0.4, 0.5) is 0 Å². The van der Waals surface area contributed by atoms with Gasteiger partial charge in [-0.05, 0) is 76.9 Å². The van der Waals surface area contributed by atoms with E-state index in [0.717, 1.165) is 12.1 Å². The topological polar surface area (TPSA) is 15.3 Å². The Kier molecular flexibility index (Phi) is 6.35. The van der Waals surface area contributed by atoms with Crippen molar-refractivity contribution in [3.05, 3.63) is 0 Å². The zero-order valence-corrected chi connectivity index (χ0v) is 14.1. The lowest BCUT2D eigenvalue weighted by atomic mass is 9.75. The molecule has 0 heterocycles. The average molecular weight is 281 g/mol. The van der Waals surface area contributed by atoms with Crippen molar-refractivity contribution in [1.82, 2.24) is 10.2 Å². The number of nitrogens with zero attached hydrogens (tertiary/aromatic N) is 1. The Bertz CT molecular complexity index is 261. The molecule has 0 atom stereocenters. The second-order valence-corrected chi connectivity index (χ2v) is 8.02. The van der Waals surface area contributed by atoms with Gasteiger partial charge in [-0.3, -0.25) is 0 Å². The van der Waals surface area contributed by atoms with Crippen LogP contribution in [0.2, 0.25) is 0 Å². The van der Waals surface area contributed by atoms with Crippen molar-refractivity contribution in [3.8, 4) is 0 Å². The normalized spacial score (nSPS) is 23.4. The molecular formula is C18H36N2. The molecule has 118 valence electrons. The lowest BCUT2D eigenvalue weighted by Gasteiger charge is -2.38. The molecule has 2 heteroatoms. The predicted molar refractivity (Wildman–Crippen MR) is 88.2 cm³/mol. The lowest BCUT2D eigenvalue weighted by molar-refractivity contribution is 0.126. The molecule has 2 aliphatic rings. The SMILES string of the molecule is CN(CCCCCCNC1CC1)C1CCC(C)(C)CC1. The molecule has 0 bridgehead atoms. The van der Waals surface area contributed by atoms with Crippen molar-refractivity contribution in [3.63, 3.8) is 0 Å². The van der Waals surface area contributed by atoms with Crippen LogP contribution in [0, 0.1) is 5.41 Å². The van der Waals surface area contributed by atoms with E-state index in [1.807, 2.05) is 0 Å². The van der Waals surface area contributed by atoms with Gasteiger partial charge in [0, 0.05) is 12.1 Å². The zero-order valence-electron chi connectivity index (χ0n) is 14.1. The van der Waals surface area contributed by atoms with E-state index in [1.165, 1.54) is 77.3 Å². The molecule has 2 fully saturated rings. The van der Waals surface area contributed by atoms with E-state index in [0.29, 0.717) is 5.41 Å². The predicted octanol–water partition coefficient (Wildman–Crippen LogP) is 4.20. The van der Waals surface area contributed by atoms with Crippen LogP contribution in [0.15, 0.2) is 0 Å². The first kappa shape index (κ1) is 16.3. The molecule has 2 rings (SSSR count). The van der Waals surface area contributed by atoms with Gasteiger partial charge in [0.1, 0.15) is 0 Å². The third-order valence-electron chi connectivity index (χ3n) is 5.38. The summed E-state index contributed by atoms with van der Waals surface area (Å²) in [6.45, 7) is 7.41. The van der Waals surface area contributed by atoms with Crippen LogP contribution >= 0.6 is 0 Å². The molecule has 0 radical (unpaired) electrons. The van der Waals surface area contributed by atoms with Gasteiger partial charge in [0.05, 0.1) is 0 Å². The van der Waals surface area contributed by atoms with E-state index in [1.54, 1.807) is 0 Å². The van der Waals surface area contributed by atoms with E-state index >= 15 is 0 Å². The van der Waals surface area contributed by atoms with Gasteiger partial charge < -0.3 is 10.2 Å². The minimum Gasteiger partial charge on any atom is -0.314 e. The van der Waals surface area contributed by atoms with Crippen LogP contribution in [0.25, 0.3) is 0 Å². The molecule has 0 aromatic rings. The van der Waals surface area contributed by atoms with E-state index in [9.17, 15) is 0 Å². The van der Waals surface area contributed by atoms with Crippen LogP contribution in [0.5, 0.6) is 0 Å². The highest BCUT2D eigenvalue weighted by molar-refractivity contribution is 4.83. The molecule has 1 N–H and O–H groups in total. The smallest absolute Gasteiger partial charge is 0.00926 e. The molecule has 2 nitrogen and oxygen atoms in total. The molecule has 0 aliphatic heterocycles. The minimum absolute atomic E-state index is 0.603. The van der Waals surface area contributed by atoms with Crippen molar-refractivity contribution in [2.75, 3.05) is 20.1 Å². The van der Waals surface area contributed by atoms with E-state index in [4.69, 9.17) is 0 Å². The summed E-state index contributed by atoms with van der Waals surface area (Å²) in [6.07, 6.45) is 14.1. The van der Waals surface area contributed by atoms with E-state index in [2.05, 4.69) is 31.1 Å². The Balaban J connectivity index is 1.44. The molecule has 0 amide bonds. The number of hydrogen-bond donors (Lipinski definition) is 1. The average Bonchev–Trinajstić information content (AvgIpc) is 3.21. The number of unbranched alkanes of at least 4 members (excludes halogenated alkanes) is 3. The summed E-state index contributed by atoms with van der Waals surface area (Å²) in [6, 6.07) is 1.75. The fraction of sp³-hybridized carbons (Fsp3) is 1.00. The Morgan fingerprint density at radius 3 is 2.25 bits per heavy atom. The summed E-state index contributed by atoms with van der Waals surface area (Å²) in [5, 5.41) is 3.61. The Morgan fingerprint density at radius 2 is 1.60 bits per heavy atom. The molecule has 2 aliphatic carbocycles. The van der Waals surface area contributed by atoms with Gasteiger partial charge in [-0.2, -0.15) is 0 Å². The molecule has 0 aromatic heterocycles. The molecular weight excluding hydrogens is 244 g/mol. The Morgan fingerprint density at radius 1 is 0.950 bits per heavy atom. The van der Waals surface area contributed by atoms with E-state index < -0.39 is 0 Å². The van der Waals surface area contributed by atoms with Gasteiger partial charge >= 0.3 is 0 Å². The Labute approximate surface area is 126 Å². The fourth-order valence-electron chi connectivity index (χ4n) is 3.44. The highest BCUT2D eigenvalue weighted by Crippen LogP contribution is 2.36. The van der Waals surface area contributed by atoms with Crippen LogP contribution in [-0.2, 0) is 0 Å². The zero-order chi connectivity index (χ0) is 14.4. The van der Waals surface area contributed by atoms with Crippen LogP contribution in [-0.4, -0.2) is 37.1 Å². The van der Waals surface area contributed by atoms with Crippen LogP contribution < -0.4 is 5.32 Å². The first-order chi connectivity index (χ1) is 9.57. The van der Waals surface area contributed by atoms with Crippen molar-refractivity contribution in [2.24, 2.45) is 5.41 Å². The summed E-state index contributed by atoms with van der Waals surface area (Å²) in [4.78, 5) is 2.64. The molecule has 0 aromatic carbocycles. The molecule has 2 saturated carbocycles. The van der Waals surface area contributed by atoms with Gasteiger partial charge in [-0.1, -0.05) is 26.7 Å². The second kappa shape index (κ2) is 7.79. The van der Waals surface area contributed by atoms with Gasteiger partial charge in [-0.15, -0.1) is 0 Å². The van der Waals surface area contributed by atoms with Crippen LogP contribution in [0.1, 0.15) is 78.1 Å². The summed E-state index contributed by atoms with van der Waals surface area (Å²) in [7, 11) is 2.34. The molecule has 0 unspecified atom stereocenters. The third-order valence-corrected chi connectivity index (χ3v) is 5.38. The van der Waals surface area contributed by atoms with Crippen molar-refractivity contribution in [1.29, 1.82) is 0 Å². The number of hydrogen-bond acceptors (Lipinski definition) is 2. The second-order valence-electron chi connectivity index (χ2n) is 8.02. The monoisotopic (exact) mass is 280 g/mol. The lowest BCUT2D eigenvalue weighted by Crippen LogP contribution is -2.37. The number of nitrogens with one attached hydrogen (secondary N) is 1. The van der Waals surface area contributed by atoms with Crippen molar-refractivity contribution >= 4 is 0 Å². The van der Waals surface area contributed by atoms with Gasteiger partial charge in [0.25, 0.3) is 0 Å². The van der Waals surface area contributed by atoms with Gasteiger partial charge in [-0.25, -0.2) is 0 Å². The Hall–Kier alpha value is -0.0800. The van der Waals surface area contributed by atoms with E-state index in [-0.39, 0.29) is 0 Å². The summed E-state index contributed by atoms with van der Waals surface area (Å²) in [5.41, 5.74) is 0.603. The quantitative estimate of drug-likeness (QED) is 0.637. The van der Waals surface area contributed by atoms with Crippen molar-refractivity contribution in [2.45, 2.75) is 90.1 Å². The van der Waals surface area contributed by atoms with Crippen LogP contribution in [0.3, 0.4) is 0 Å². The van der Waals surface area contributed by atoms with Crippen molar-refractivity contribution < 1.29 is 0 Å². The van der Waals surface area contributed by atoms with Gasteiger partial charge in [0.2, 0.25) is 0 Å². The summed E-state index contributed by atoms with van der Waals surface area (Å²) < 4.78 is 0. The largest absolute Gasteiger partial charge is 0.314 e. The summed E-state index contributed by atoms with van der Waals surface area (Å²) in [5.74, 6) is 0. The maximum absolute atomic E-state index is 3.61. The molecule has 0 spiro atoms. The fourth-order valence-corrected chi connectivity index (χ4v) is 3.44. The summed E-state index contributed by atoms with van der Waals surface area (Å²) >= 11 is 0. The standard InChI is InChI=1S/C18H36N2/c1-18(2)12-10-17(11-13-18)20(3)15-7-5-4-6-14-19-16-8-9-16/h16-17,19H,4-15H2,1-3H3. The third kappa shape index (κ3) is 6.13. The maximum atomic E-state index is 3.61. The van der Waals surface area contributed by atoms with Gasteiger partial charge in [0.15, 0.2) is 0 Å². The highest BCUT2D eigenvalue weighted by Gasteiger charge is 2.28. The first-order valence-corrected chi connectivity index (χ1v) is 9.00. The number of rotatable bonds is 9. The molecule has 20 heavy (non-hydrogen) atoms.